The van der Waals surface area contributed by atoms with Gasteiger partial charge in [-0.25, -0.2) is 9.69 Å². The standard InChI is InChI=1S/C23H23IN2O6/c1-5-31-16-8-6-15(7-9-16)26-22(28)17(21(27)25-23(26)29)10-14-11-18(24)20(32-13(2)3)19(12-14)30-4/h6-13H,5H2,1-4H3,(H,25,27,29)/b17-10+. The number of nitrogens with zero attached hydrogens (tertiary/aromatic N) is 1. The molecule has 2 aromatic rings. The summed E-state index contributed by atoms with van der Waals surface area (Å²) in [7, 11) is 1.51. The van der Waals surface area contributed by atoms with E-state index in [4.69, 9.17) is 14.2 Å². The second-order valence-electron chi connectivity index (χ2n) is 7.09. The first kappa shape index (κ1) is 23.6. The van der Waals surface area contributed by atoms with Gasteiger partial charge >= 0.3 is 6.03 Å². The number of methoxy groups -OCH3 is 1. The third-order valence-electron chi connectivity index (χ3n) is 4.42. The van der Waals surface area contributed by atoms with E-state index in [0.717, 1.165) is 8.47 Å². The number of imide groups is 2. The van der Waals surface area contributed by atoms with Crippen LogP contribution < -0.4 is 24.4 Å². The van der Waals surface area contributed by atoms with Gasteiger partial charge in [0.2, 0.25) is 0 Å². The number of carbonyl (C=O) groups excluding carboxylic acids is 3. The van der Waals surface area contributed by atoms with Crippen LogP contribution in [0.3, 0.4) is 0 Å². The van der Waals surface area contributed by atoms with Crippen molar-refractivity contribution in [3.63, 3.8) is 0 Å². The van der Waals surface area contributed by atoms with Gasteiger partial charge in [-0.1, -0.05) is 0 Å². The number of rotatable bonds is 7. The Morgan fingerprint density at radius 1 is 1.12 bits per heavy atom. The molecule has 1 fully saturated rings. The molecule has 1 heterocycles. The highest BCUT2D eigenvalue weighted by atomic mass is 127. The van der Waals surface area contributed by atoms with Crippen LogP contribution in [0.2, 0.25) is 0 Å². The maximum atomic E-state index is 13.1. The summed E-state index contributed by atoms with van der Waals surface area (Å²) >= 11 is 2.10. The Labute approximate surface area is 199 Å². The zero-order chi connectivity index (χ0) is 23.4. The van der Waals surface area contributed by atoms with Crippen molar-refractivity contribution in [2.75, 3.05) is 18.6 Å². The SMILES string of the molecule is CCOc1ccc(N2C(=O)NC(=O)/C(=C\c3cc(I)c(OC(C)C)c(OC)c3)C2=O)cc1. The number of hydrogen-bond acceptors (Lipinski definition) is 6. The molecular formula is C23H23IN2O6. The van der Waals surface area contributed by atoms with E-state index in [1.807, 2.05) is 20.8 Å². The molecule has 168 valence electrons. The molecule has 0 spiro atoms. The highest BCUT2D eigenvalue weighted by molar-refractivity contribution is 14.1. The smallest absolute Gasteiger partial charge is 0.335 e. The van der Waals surface area contributed by atoms with E-state index in [-0.39, 0.29) is 11.7 Å². The Kier molecular flexibility index (Phi) is 7.39. The zero-order valence-electron chi connectivity index (χ0n) is 18.1. The van der Waals surface area contributed by atoms with E-state index >= 15 is 0 Å². The monoisotopic (exact) mass is 550 g/mol. The number of barbiturate groups is 1. The lowest BCUT2D eigenvalue weighted by molar-refractivity contribution is -0.122. The molecule has 1 aliphatic rings. The van der Waals surface area contributed by atoms with E-state index in [1.165, 1.54) is 13.2 Å². The lowest BCUT2D eigenvalue weighted by Crippen LogP contribution is -2.54. The topological polar surface area (TPSA) is 94.2 Å². The van der Waals surface area contributed by atoms with Crippen LogP contribution in [0.25, 0.3) is 6.08 Å². The predicted molar refractivity (Wildman–Crippen MR) is 128 cm³/mol. The van der Waals surface area contributed by atoms with Crippen molar-refractivity contribution in [3.05, 3.63) is 51.1 Å². The van der Waals surface area contributed by atoms with Gasteiger partial charge in [-0.05, 0) is 91.4 Å². The fourth-order valence-corrected chi connectivity index (χ4v) is 3.84. The molecule has 0 unspecified atom stereocenters. The third-order valence-corrected chi connectivity index (χ3v) is 5.23. The van der Waals surface area contributed by atoms with Gasteiger partial charge in [-0.3, -0.25) is 14.9 Å². The number of carbonyl (C=O) groups is 3. The van der Waals surface area contributed by atoms with Crippen LogP contribution in [-0.2, 0) is 9.59 Å². The van der Waals surface area contributed by atoms with E-state index in [1.54, 1.807) is 36.4 Å². The zero-order valence-corrected chi connectivity index (χ0v) is 20.3. The largest absolute Gasteiger partial charge is 0.494 e. The van der Waals surface area contributed by atoms with Crippen LogP contribution in [0.1, 0.15) is 26.3 Å². The second kappa shape index (κ2) is 10.0. The fourth-order valence-electron chi connectivity index (χ4n) is 3.09. The third kappa shape index (κ3) is 5.04. The molecule has 2 aromatic carbocycles. The van der Waals surface area contributed by atoms with Gasteiger partial charge in [0, 0.05) is 0 Å². The number of halogens is 1. The summed E-state index contributed by atoms with van der Waals surface area (Å²) in [4.78, 5) is 38.9. The highest BCUT2D eigenvalue weighted by Gasteiger charge is 2.36. The van der Waals surface area contributed by atoms with E-state index in [0.29, 0.717) is 35.1 Å². The maximum Gasteiger partial charge on any atom is 0.335 e. The Bertz CT molecular complexity index is 1080. The number of hydrogen-bond donors (Lipinski definition) is 1. The number of anilines is 1. The van der Waals surface area contributed by atoms with Crippen molar-refractivity contribution in [1.29, 1.82) is 0 Å². The fraction of sp³-hybridized carbons (Fsp3) is 0.261. The van der Waals surface area contributed by atoms with Crippen LogP contribution in [0, 0.1) is 3.57 Å². The summed E-state index contributed by atoms with van der Waals surface area (Å²) < 4.78 is 17.4. The summed E-state index contributed by atoms with van der Waals surface area (Å²) in [5, 5.41) is 2.22. The molecule has 0 atom stereocenters. The normalized spacial score (nSPS) is 15.2. The van der Waals surface area contributed by atoms with Crippen LogP contribution >= 0.6 is 22.6 Å². The minimum absolute atomic E-state index is 0.0546. The van der Waals surface area contributed by atoms with Crippen LogP contribution in [0.15, 0.2) is 42.0 Å². The summed E-state index contributed by atoms with van der Waals surface area (Å²) in [6, 6.07) is 9.10. The van der Waals surface area contributed by atoms with E-state index in [2.05, 4.69) is 27.9 Å². The first-order valence-corrected chi connectivity index (χ1v) is 11.0. The van der Waals surface area contributed by atoms with E-state index in [9.17, 15) is 14.4 Å². The van der Waals surface area contributed by atoms with Gasteiger partial charge < -0.3 is 14.2 Å². The number of amides is 4. The average molecular weight is 550 g/mol. The minimum atomic E-state index is -0.811. The average Bonchev–Trinajstić information content (AvgIpc) is 2.73. The second-order valence-corrected chi connectivity index (χ2v) is 8.25. The molecule has 0 bridgehead atoms. The Morgan fingerprint density at radius 3 is 2.41 bits per heavy atom. The van der Waals surface area contributed by atoms with Crippen LogP contribution in [0.4, 0.5) is 10.5 Å². The molecule has 0 saturated carbocycles. The Hall–Kier alpha value is -3.08. The summed E-state index contributed by atoms with van der Waals surface area (Å²) in [5.41, 5.74) is 0.706. The molecular weight excluding hydrogens is 527 g/mol. The van der Waals surface area contributed by atoms with Crippen LogP contribution in [0.5, 0.6) is 17.2 Å². The molecule has 32 heavy (non-hydrogen) atoms. The number of ether oxygens (including phenoxy) is 3. The first-order chi connectivity index (χ1) is 15.2. The maximum absolute atomic E-state index is 13.1. The van der Waals surface area contributed by atoms with E-state index < -0.39 is 17.8 Å². The van der Waals surface area contributed by atoms with Crippen molar-refractivity contribution in [3.8, 4) is 17.2 Å². The van der Waals surface area contributed by atoms with Gasteiger partial charge in [0.05, 0.1) is 29.1 Å². The molecule has 1 aliphatic heterocycles. The minimum Gasteiger partial charge on any atom is -0.494 e. The van der Waals surface area contributed by atoms with Gasteiger partial charge in [0.1, 0.15) is 11.3 Å². The number of benzene rings is 2. The quantitative estimate of drug-likeness (QED) is 0.316. The van der Waals surface area contributed by atoms with Crippen molar-refractivity contribution < 1.29 is 28.6 Å². The van der Waals surface area contributed by atoms with Gasteiger partial charge in [-0.2, -0.15) is 0 Å². The number of urea groups is 1. The molecule has 0 aromatic heterocycles. The molecule has 1 saturated heterocycles. The molecule has 0 radical (unpaired) electrons. The molecule has 1 N–H and O–H groups in total. The molecule has 3 rings (SSSR count). The van der Waals surface area contributed by atoms with Gasteiger partial charge in [0.25, 0.3) is 11.8 Å². The molecule has 9 heteroatoms. The Morgan fingerprint density at radius 2 is 1.81 bits per heavy atom. The van der Waals surface area contributed by atoms with Crippen molar-refractivity contribution in [1.82, 2.24) is 5.32 Å². The summed E-state index contributed by atoms with van der Waals surface area (Å²) in [6.07, 6.45) is 1.37. The Balaban J connectivity index is 1.98. The molecule has 4 amide bonds. The molecule has 0 aliphatic carbocycles. The molecule has 8 nitrogen and oxygen atoms in total. The van der Waals surface area contributed by atoms with Crippen LogP contribution in [-0.4, -0.2) is 37.7 Å². The van der Waals surface area contributed by atoms with Crippen molar-refractivity contribution in [2.24, 2.45) is 0 Å². The predicted octanol–water partition coefficient (Wildman–Crippen LogP) is 4.15. The first-order valence-electron chi connectivity index (χ1n) is 9.93. The highest BCUT2D eigenvalue weighted by Crippen LogP contribution is 2.35. The van der Waals surface area contributed by atoms with Crippen molar-refractivity contribution >= 4 is 52.2 Å². The lowest BCUT2D eigenvalue weighted by Gasteiger charge is -2.26. The summed E-state index contributed by atoms with van der Waals surface area (Å²) in [6.45, 7) is 6.16. The number of nitrogens with one attached hydrogen (secondary N) is 1. The van der Waals surface area contributed by atoms with Gasteiger partial charge in [0.15, 0.2) is 11.5 Å². The van der Waals surface area contributed by atoms with Crippen molar-refractivity contribution in [2.45, 2.75) is 26.9 Å². The lowest BCUT2D eigenvalue weighted by atomic mass is 10.1. The van der Waals surface area contributed by atoms with Gasteiger partial charge in [-0.15, -0.1) is 0 Å². The summed E-state index contributed by atoms with van der Waals surface area (Å²) in [5.74, 6) is 0.174.